The number of nitrogens with zero attached hydrogens (tertiary/aromatic N) is 4. The third-order valence-electron chi connectivity index (χ3n) is 29.7. The fourth-order valence-electron chi connectivity index (χ4n) is 23.5. The van der Waals surface area contributed by atoms with Crippen LogP contribution in [0.4, 0.5) is 13.2 Å². The highest BCUT2D eigenvalue weighted by atomic mass is 35.5. The molecule has 8 heterocycles. The van der Waals surface area contributed by atoms with Gasteiger partial charge in [0.25, 0.3) is 0 Å². The van der Waals surface area contributed by atoms with Crippen molar-refractivity contribution in [3.8, 4) is 0 Å². The van der Waals surface area contributed by atoms with Crippen molar-refractivity contribution < 1.29 is 72.0 Å². The number of hydrogen-bond donors (Lipinski definition) is 8. The normalized spacial score (nSPS) is 24.5. The molecule has 24 heteroatoms. The van der Waals surface area contributed by atoms with Crippen molar-refractivity contribution in [2.75, 3.05) is 13.1 Å². The van der Waals surface area contributed by atoms with Gasteiger partial charge in [0.05, 0.1) is 11.8 Å². The number of carboxylic acids is 4. The number of benzene rings is 6. The zero-order valence-corrected chi connectivity index (χ0v) is 73.3. The summed E-state index contributed by atoms with van der Waals surface area (Å²) < 4.78 is 42.2. The van der Waals surface area contributed by atoms with E-state index in [1.165, 1.54) is 30.3 Å². The number of aliphatic carboxylic acids is 4. The van der Waals surface area contributed by atoms with Crippen LogP contribution in [0.15, 0.2) is 158 Å². The highest BCUT2D eigenvalue weighted by Crippen LogP contribution is 2.48. The van der Waals surface area contributed by atoms with Crippen molar-refractivity contribution in [2.24, 2.45) is 47.3 Å². The lowest BCUT2D eigenvalue weighted by Gasteiger charge is -2.47. The van der Waals surface area contributed by atoms with Crippen LogP contribution in [0.25, 0.3) is 43.6 Å². The van der Waals surface area contributed by atoms with Gasteiger partial charge in [0, 0.05) is 148 Å². The van der Waals surface area contributed by atoms with Crippen LogP contribution < -0.4 is 0 Å². The average molecular weight is 1740 g/mol. The quantitative estimate of drug-likeness (QED) is 0.0353. The summed E-state index contributed by atoms with van der Waals surface area (Å²) in [6, 6.07) is 38.1. The van der Waals surface area contributed by atoms with Crippen LogP contribution in [0.2, 0.25) is 5.02 Å². The van der Waals surface area contributed by atoms with Crippen molar-refractivity contribution in [2.45, 2.75) is 255 Å². The molecule has 8 aliphatic rings. The highest BCUT2D eigenvalue weighted by Gasteiger charge is 2.50. The molecule has 6 aromatic carbocycles. The standard InChI is InChI=1S/2C27H29FN2O3.C24H31ClN2O3.C24H31FN2O3/c28-21-10-6-11-22-26(21)20(16-29-22)19(17-7-2-1-3-8-17)15-25(31)30-23-12-5-4-9-18(23)13-14-24(30)27(32)33;28-19-11-12-20-22(16-29-23(20)14-19)21(17-6-2-1-3-7-17)15-26(31)30-24-9-5-4-8-18(24)10-13-25(30)27(32)33;2*1-14(2)19(20-13-26-21-11-15(25)7-8-16(20)21)12-23(28)27-10-9-18(24(29)30)17-5-3-4-6-22(17)27/h1-3,6-8,10-11,16,18-19,23-24,29H,4-5,9,12-15H2,(H,32,33);1-3,6-7,11-12,14,16,18,21,24-25,29H,4-5,8-10,13,15H2,(H,32,33);2*7-8,11,13-14,17-19,22,26H,3-6,9-10,12H2,1-2H3,(H,29,30). The molecule has 18 rings (SSSR count). The number of piperidine rings is 4. The molecule has 4 amide bonds. The minimum atomic E-state index is -0.929. The average Bonchev–Trinajstić information content (AvgIpc) is 1.31. The number of amides is 4. The summed E-state index contributed by atoms with van der Waals surface area (Å²) in [7, 11) is 0. The largest absolute Gasteiger partial charge is 0.481 e. The van der Waals surface area contributed by atoms with E-state index in [2.05, 4.69) is 47.6 Å². The molecule has 126 heavy (non-hydrogen) atoms. The van der Waals surface area contributed by atoms with Gasteiger partial charge in [-0.3, -0.25) is 28.8 Å². The Morgan fingerprint density at radius 3 is 1.21 bits per heavy atom. The fourth-order valence-corrected chi connectivity index (χ4v) is 23.7. The van der Waals surface area contributed by atoms with Gasteiger partial charge >= 0.3 is 23.9 Å². The maximum atomic E-state index is 14.8. The molecule has 4 aliphatic heterocycles. The molecule has 4 aliphatic carbocycles. The topological polar surface area (TPSA) is 294 Å². The van der Waals surface area contributed by atoms with Gasteiger partial charge in [-0.25, -0.2) is 22.8 Å². The summed E-state index contributed by atoms with van der Waals surface area (Å²) in [5.74, 6) is -3.80. The molecule has 8 fully saturated rings. The third kappa shape index (κ3) is 19.6. The molecule has 10 aromatic rings. The first-order valence-electron chi connectivity index (χ1n) is 46.1. The van der Waals surface area contributed by atoms with Crippen molar-refractivity contribution in [1.29, 1.82) is 0 Å². The van der Waals surface area contributed by atoms with Crippen molar-refractivity contribution >= 4 is 103 Å². The molecule has 4 aromatic heterocycles. The van der Waals surface area contributed by atoms with E-state index in [4.69, 9.17) is 11.6 Å². The molecule has 16 atom stereocenters. The number of aromatic nitrogens is 4. The van der Waals surface area contributed by atoms with Gasteiger partial charge in [0.1, 0.15) is 29.5 Å². The second-order valence-corrected chi connectivity index (χ2v) is 37.9. The Bertz CT molecular complexity index is 5380. The van der Waals surface area contributed by atoms with Gasteiger partial charge in [-0.1, -0.05) is 163 Å². The van der Waals surface area contributed by atoms with Crippen molar-refractivity contribution in [1.82, 2.24) is 39.5 Å². The first kappa shape index (κ1) is 90.1. The van der Waals surface area contributed by atoms with Gasteiger partial charge in [0.15, 0.2) is 0 Å². The van der Waals surface area contributed by atoms with E-state index < -0.39 is 36.0 Å². The summed E-state index contributed by atoms with van der Waals surface area (Å²) in [5.41, 5.74) is 8.88. The van der Waals surface area contributed by atoms with Gasteiger partial charge < -0.3 is 60.0 Å². The summed E-state index contributed by atoms with van der Waals surface area (Å²) >= 11 is 6.13. The van der Waals surface area contributed by atoms with Crippen LogP contribution in [-0.2, 0) is 38.4 Å². The molecule has 4 saturated carbocycles. The number of aromatic amines is 4. The number of fused-ring (bicyclic) bond motifs is 8. The second kappa shape index (κ2) is 40.1. The molecule has 0 spiro atoms. The lowest BCUT2D eigenvalue weighted by molar-refractivity contribution is -0.158. The van der Waals surface area contributed by atoms with E-state index in [0.29, 0.717) is 90.8 Å². The Morgan fingerprint density at radius 1 is 0.381 bits per heavy atom. The van der Waals surface area contributed by atoms with Crippen LogP contribution in [-0.4, -0.2) is 157 Å². The SMILES string of the molecule is CC(C)C(CC(=O)N1CCC(C(=O)O)C2CCCCC21)c1c[nH]c2cc(Cl)ccc12.CC(C)C(CC(=O)N1CCC(C(=O)O)C2CCCCC21)c1c[nH]c2cc(F)ccc12.O=C(O)C1CCC2CCCCC2N1C(=O)CC(c1ccccc1)c1c[nH]c2cc(F)ccc12.O=C(O)C1CCC2CCCCC2N1C(=O)CC(c1ccccc1)c1c[nH]c2cccc(F)c12. The number of H-pyrrole nitrogens is 4. The molecular formula is C102H120ClF3N8O12. The first-order chi connectivity index (χ1) is 60.8. The van der Waals surface area contributed by atoms with Gasteiger partial charge in [0.2, 0.25) is 23.6 Å². The molecule has 4 saturated heterocycles. The number of likely N-dealkylation sites (tertiary alicyclic amines) is 4. The Morgan fingerprint density at radius 2 is 0.770 bits per heavy atom. The number of rotatable bonds is 20. The number of halogens is 4. The Kier molecular flexibility index (Phi) is 28.7. The summed E-state index contributed by atoms with van der Waals surface area (Å²) in [6.07, 6.45) is 28.7. The lowest BCUT2D eigenvalue weighted by Crippen LogP contribution is -2.57. The number of carbonyl (C=O) groups is 8. The molecule has 16 unspecified atom stereocenters. The molecule has 0 bridgehead atoms. The highest BCUT2D eigenvalue weighted by molar-refractivity contribution is 6.31. The zero-order chi connectivity index (χ0) is 88.7. The summed E-state index contributed by atoms with van der Waals surface area (Å²) in [4.78, 5) is 122. The summed E-state index contributed by atoms with van der Waals surface area (Å²) in [6.45, 7) is 9.63. The Labute approximate surface area is 739 Å². The van der Waals surface area contributed by atoms with E-state index in [9.17, 15) is 72.0 Å². The number of carboxylic acid groups (broad SMARTS) is 4. The van der Waals surface area contributed by atoms with Gasteiger partial charge in [-0.05, 0) is 231 Å². The zero-order valence-electron chi connectivity index (χ0n) is 72.6. The molecule has 0 radical (unpaired) electrons. The first-order valence-corrected chi connectivity index (χ1v) is 46.5. The predicted octanol–water partition coefficient (Wildman–Crippen LogP) is 21.3. The number of nitrogens with one attached hydrogen (secondary N) is 4. The number of hydrogen-bond acceptors (Lipinski definition) is 8. The maximum absolute atomic E-state index is 14.8. The molecule has 668 valence electrons. The van der Waals surface area contributed by atoms with Gasteiger partial charge in [-0.15, -0.1) is 0 Å². The lowest BCUT2D eigenvalue weighted by atomic mass is 9.71. The van der Waals surface area contributed by atoms with E-state index in [1.54, 1.807) is 34.2 Å². The minimum absolute atomic E-state index is 0.00888. The van der Waals surface area contributed by atoms with Crippen LogP contribution in [0, 0.1) is 64.8 Å². The monoisotopic (exact) mass is 1740 g/mol. The van der Waals surface area contributed by atoms with E-state index in [0.717, 1.165) is 176 Å². The summed E-state index contributed by atoms with van der Waals surface area (Å²) in [5, 5.41) is 43.2. The maximum Gasteiger partial charge on any atom is 0.326 e. The van der Waals surface area contributed by atoms with Gasteiger partial charge in [-0.2, -0.15) is 0 Å². The smallest absolute Gasteiger partial charge is 0.326 e. The molecule has 8 N–H and O–H groups in total. The van der Waals surface area contributed by atoms with E-state index >= 15 is 0 Å². The van der Waals surface area contributed by atoms with E-state index in [-0.39, 0.29) is 131 Å². The van der Waals surface area contributed by atoms with Crippen LogP contribution >= 0.6 is 11.6 Å². The van der Waals surface area contributed by atoms with E-state index in [1.807, 2.05) is 113 Å². The van der Waals surface area contributed by atoms with Crippen LogP contribution in [0.5, 0.6) is 0 Å². The second-order valence-electron chi connectivity index (χ2n) is 37.5. The van der Waals surface area contributed by atoms with Crippen LogP contribution in [0.3, 0.4) is 0 Å². The van der Waals surface area contributed by atoms with Crippen molar-refractivity contribution in [3.63, 3.8) is 0 Å². The number of carbonyl (C=O) groups excluding carboxylic acids is 4. The minimum Gasteiger partial charge on any atom is -0.481 e. The predicted molar refractivity (Wildman–Crippen MR) is 481 cm³/mol. The van der Waals surface area contributed by atoms with Crippen LogP contribution in [0.1, 0.15) is 252 Å². The Balaban J connectivity index is 0.000000130. The molecular weight excluding hydrogens is 1620 g/mol. The molecule has 20 nitrogen and oxygen atoms in total. The third-order valence-corrected chi connectivity index (χ3v) is 30.0. The fraction of sp³-hybridized carbons (Fsp3) is 0.490. The van der Waals surface area contributed by atoms with Crippen molar-refractivity contribution in [3.05, 3.63) is 214 Å². The Hall–Kier alpha value is -10.7.